The Balaban J connectivity index is 1.54. The zero-order chi connectivity index (χ0) is 22.9. The number of fused-ring (bicyclic) bond motifs is 1. The van der Waals surface area contributed by atoms with Crippen molar-refractivity contribution in [1.82, 2.24) is 19.7 Å². The van der Waals surface area contributed by atoms with E-state index in [1.165, 1.54) is 0 Å². The lowest BCUT2D eigenvalue weighted by Gasteiger charge is -2.10. The van der Waals surface area contributed by atoms with Gasteiger partial charge in [0.2, 0.25) is 5.82 Å². The summed E-state index contributed by atoms with van der Waals surface area (Å²) < 4.78 is 11.9. The van der Waals surface area contributed by atoms with Gasteiger partial charge in [-0.15, -0.1) is 0 Å². The monoisotopic (exact) mass is 460 g/mol. The highest BCUT2D eigenvalue weighted by Crippen LogP contribution is 2.28. The molecule has 0 fully saturated rings. The second-order valence-corrected chi connectivity index (χ2v) is 7.70. The third-order valence-electron chi connectivity index (χ3n) is 5.29. The molecule has 8 nitrogen and oxygen atoms in total. The highest BCUT2D eigenvalue weighted by molar-refractivity contribution is 6.33. The van der Waals surface area contributed by atoms with Crippen LogP contribution in [0.3, 0.4) is 0 Å². The van der Waals surface area contributed by atoms with Crippen LogP contribution in [0.15, 0.2) is 80.8 Å². The number of nitrogens with one attached hydrogen (secondary N) is 1. The van der Waals surface area contributed by atoms with Crippen LogP contribution in [0, 0.1) is 0 Å². The maximum absolute atomic E-state index is 13.1. The molecule has 2 heterocycles. The standard InChI is InChI=1S/C24H17ClN4O4/c1-32-20-9-5-2-6-15(20)13-29-23(30)17-11-10-14(12-19(17)26-24(29)31)22-27-21(28-33-22)16-7-3-4-8-18(16)25/h2-12H,13H2,1H3,(H,26,31). The predicted octanol–water partition coefficient (Wildman–Crippen LogP) is 4.12. The molecule has 0 aliphatic heterocycles. The Morgan fingerprint density at radius 3 is 2.67 bits per heavy atom. The molecule has 0 aliphatic rings. The van der Waals surface area contributed by atoms with Crippen LogP contribution < -0.4 is 16.0 Å². The van der Waals surface area contributed by atoms with E-state index in [1.54, 1.807) is 43.5 Å². The summed E-state index contributed by atoms with van der Waals surface area (Å²) in [6, 6.07) is 19.4. The molecule has 9 heteroatoms. The van der Waals surface area contributed by atoms with Gasteiger partial charge < -0.3 is 14.2 Å². The zero-order valence-corrected chi connectivity index (χ0v) is 18.2. The SMILES string of the molecule is COc1ccccc1Cn1c(=O)[nH]c2cc(-c3nc(-c4ccccc4Cl)no3)ccc2c1=O. The summed E-state index contributed by atoms with van der Waals surface area (Å²) in [5, 5.41) is 4.86. The molecule has 5 aromatic rings. The van der Waals surface area contributed by atoms with Gasteiger partial charge in [-0.1, -0.05) is 47.1 Å². The van der Waals surface area contributed by atoms with Crippen LogP contribution in [0.4, 0.5) is 0 Å². The average molecular weight is 461 g/mol. The molecule has 3 aromatic carbocycles. The van der Waals surface area contributed by atoms with E-state index in [9.17, 15) is 9.59 Å². The molecule has 0 spiro atoms. The molecule has 164 valence electrons. The van der Waals surface area contributed by atoms with Crippen LogP contribution in [-0.4, -0.2) is 26.8 Å². The normalized spacial score (nSPS) is 11.1. The Hall–Kier alpha value is -4.17. The van der Waals surface area contributed by atoms with E-state index in [2.05, 4.69) is 15.1 Å². The average Bonchev–Trinajstić information content (AvgIpc) is 3.32. The molecule has 0 amide bonds. The Labute approximate surface area is 192 Å². The number of para-hydroxylation sites is 1. The van der Waals surface area contributed by atoms with Crippen molar-refractivity contribution in [3.8, 4) is 28.6 Å². The fraction of sp³-hybridized carbons (Fsp3) is 0.0833. The number of methoxy groups -OCH3 is 1. The number of aromatic nitrogens is 4. The summed E-state index contributed by atoms with van der Waals surface area (Å²) in [6.07, 6.45) is 0. The van der Waals surface area contributed by atoms with Gasteiger partial charge in [0.1, 0.15) is 5.75 Å². The molecule has 0 atom stereocenters. The van der Waals surface area contributed by atoms with E-state index in [4.69, 9.17) is 20.9 Å². The minimum Gasteiger partial charge on any atom is -0.496 e. The molecule has 1 N–H and O–H groups in total. The van der Waals surface area contributed by atoms with E-state index in [1.807, 2.05) is 30.3 Å². The number of H-pyrrole nitrogens is 1. The third-order valence-corrected chi connectivity index (χ3v) is 5.62. The Kier molecular flexibility index (Phi) is 5.27. The van der Waals surface area contributed by atoms with Crippen molar-refractivity contribution in [2.24, 2.45) is 0 Å². The van der Waals surface area contributed by atoms with E-state index < -0.39 is 11.2 Å². The first-order valence-electron chi connectivity index (χ1n) is 10.0. The minimum atomic E-state index is -0.530. The molecule has 0 saturated carbocycles. The Morgan fingerprint density at radius 1 is 1.06 bits per heavy atom. The van der Waals surface area contributed by atoms with Gasteiger partial charge in [0.05, 0.1) is 29.6 Å². The lowest BCUT2D eigenvalue weighted by atomic mass is 10.1. The van der Waals surface area contributed by atoms with Crippen LogP contribution in [0.2, 0.25) is 5.02 Å². The molecule has 5 rings (SSSR count). The Morgan fingerprint density at radius 2 is 1.85 bits per heavy atom. The lowest BCUT2D eigenvalue weighted by Crippen LogP contribution is -2.35. The van der Waals surface area contributed by atoms with Crippen LogP contribution in [0.1, 0.15) is 5.56 Å². The number of aromatic amines is 1. The first-order chi connectivity index (χ1) is 16.0. The molecular formula is C24H17ClN4O4. The van der Waals surface area contributed by atoms with Gasteiger partial charge in [0.15, 0.2) is 0 Å². The molecule has 0 aliphatic carbocycles. The van der Waals surface area contributed by atoms with Crippen molar-refractivity contribution in [2.45, 2.75) is 6.54 Å². The van der Waals surface area contributed by atoms with E-state index in [0.29, 0.717) is 38.6 Å². The number of benzene rings is 3. The van der Waals surface area contributed by atoms with Crippen LogP contribution in [0.25, 0.3) is 33.7 Å². The second-order valence-electron chi connectivity index (χ2n) is 7.30. The topological polar surface area (TPSA) is 103 Å². The van der Waals surface area contributed by atoms with Crippen LogP contribution in [-0.2, 0) is 6.54 Å². The van der Waals surface area contributed by atoms with Gasteiger partial charge in [0.25, 0.3) is 11.4 Å². The molecular weight excluding hydrogens is 444 g/mol. The summed E-state index contributed by atoms with van der Waals surface area (Å²) in [7, 11) is 1.54. The maximum atomic E-state index is 13.1. The second kappa shape index (κ2) is 8.40. The van der Waals surface area contributed by atoms with E-state index in [-0.39, 0.29) is 12.4 Å². The molecule has 2 aromatic heterocycles. The maximum Gasteiger partial charge on any atom is 0.329 e. The highest BCUT2D eigenvalue weighted by Gasteiger charge is 2.15. The van der Waals surface area contributed by atoms with Gasteiger partial charge in [-0.05, 0) is 36.4 Å². The largest absolute Gasteiger partial charge is 0.496 e. The van der Waals surface area contributed by atoms with Crippen molar-refractivity contribution < 1.29 is 9.26 Å². The summed E-state index contributed by atoms with van der Waals surface area (Å²) in [6.45, 7) is 0.0841. The van der Waals surface area contributed by atoms with Crippen molar-refractivity contribution in [2.75, 3.05) is 7.11 Å². The molecule has 0 radical (unpaired) electrons. The fourth-order valence-corrected chi connectivity index (χ4v) is 3.85. The molecule has 0 unspecified atom stereocenters. The summed E-state index contributed by atoms with van der Waals surface area (Å²) in [5.41, 5.74) is 1.36. The van der Waals surface area contributed by atoms with Crippen molar-refractivity contribution in [3.63, 3.8) is 0 Å². The number of ether oxygens (including phenoxy) is 1. The van der Waals surface area contributed by atoms with Gasteiger partial charge >= 0.3 is 5.69 Å². The number of hydrogen-bond acceptors (Lipinski definition) is 6. The molecule has 33 heavy (non-hydrogen) atoms. The quantitative estimate of drug-likeness (QED) is 0.423. The molecule has 0 saturated heterocycles. The summed E-state index contributed by atoms with van der Waals surface area (Å²) in [5.74, 6) is 1.19. The first-order valence-corrected chi connectivity index (χ1v) is 10.4. The van der Waals surface area contributed by atoms with Crippen molar-refractivity contribution in [1.29, 1.82) is 0 Å². The van der Waals surface area contributed by atoms with Crippen LogP contribution in [0.5, 0.6) is 5.75 Å². The highest BCUT2D eigenvalue weighted by atomic mass is 35.5. The van der Waals surface area contributed by atoms with Crippen molar-refractivity contribution in [3.05, 3.63) is 98.2 Å². The van der Waals surface area contributed by atoms with Crippen LogP contribution >= 0.6 is 11.6 Å². The number of rotatable bonds is 5. The summed E-state index contributed by atoms with van der Waals surface area (Å²) >= 11 is 6.21. The van der Waals surface area contributed by atoms with Gasteiger partial charge in [-0.2, -0.15) is 4.98 Å². The fourth-order valence-electron chi connectivity index (χ4n) is 3.63. The Bertz CT molecular complexity index is 1600. The van der Waals surface area contributed by atoms with E-state index in [0.717, 1.165) is 10.1 Å². The lowest BCUT2D eigenvalue weighted by molar-refractivity contribution is 0.408. The zero-order valence-electron chi connectivity index (χ0n) is 17.4. The smallest absolute Gasteiger partial charge is 0.329 e. The minimum absolute atomic E-state index is 0.0841. The van der Waals surface area contributed by atoms with Gasteiger partial charge in [-0.25, -0.2) is 4.79 Å². The number of hydrogen-bond donors (Lipinski definition) is 1. The first kappa shape index (κ1) is 20.7. The van der Waals surface area contributed by atoms with Gasteiger partial charge in [0, 0.05) is 16.7 Å². The van der Waals surface area contributed by atoms with Gasteiger partial charge in [-0.3, -0.25) is 9.36 Å². The predicted molar refractivity (Wildman–Crippen MR) is 125 cm³/mol. The van der Waals surface area contributed by atoms with E-state index >= 15 is 0 Å². The number of halogens is 1. The summed E-state index contributed by atoms with van der Waals surface area (Å²) in [4.78, 5) is 33.0. The molecule has 0 bridgehead atoms. The number of nitrogens with zero attached hydrogens (tertiary/aromatic N) is 3. The third kappa shape index (κ3) is 3.81. The van der Waals surface area contributed by atoms with Crippen molar-refractivity contribution >= 4 is 22.5 Å².